The van der Waals surface area contributed by atoms with Gasteiger partial charge in [0.1, 0.15) is 11.4 Å². The monoisotopic (exact) mass is 488 g/mol. The third-order valence-corrected chi connectivity index (χ3v) is 5.58. The van der Waals surface area contributed by atoms with E-state index in [2.05, 4.69) is 15.0 Å². The number of ether oxygens (including phenoxy) is 1. The smallest absolute Gasteiger partial charge is 0.387 e. The highest BCUT2D eigenvalue weighted by Crippen LogP contribution is 2.31. The average molecular weight is 489 g/mol. The molecule has 0 radical (unpaired) electrons. The number of nitrogens with zero attached hydrogens (tertiary/aromatic N) is 3. The Balaban J connectivity index is 1.88. The van der Waals surface area contributed by atoms with Crippen LogP contribution in [0.1, 0.15) is 19.4 Å². The normalized spacial score (nSPS) is 14.7. The number of aliphatic imine (C=N–C) groups is 1. The third-order valence-electron chi connectivity index (χ3n) is 4.64. The van der Waals surface area contributed by atoms with Crippen molar-refractivity contribution in [1.82, 2.24) is 5.32 Å². The number of rotatable bonds is 8. The fourth-order valence-electron chi connectivity index (χ4n) is 3.12. The van der Waals surface area contributed by atoms with Crippen LogP contribution in [-0.4, -0.2) is 49.5 Å². The van der Waals surface area contributed by atoms with Gasteiger partial charge < -0.3 is 15.0 Å². The molecule has 2 aromatic rings. The highest BCUT2D eigenvalue weighted by molar-refractivity contribution is 8.14. The first-order valence-electron chi connectivity index (χ1n) is 10.5. The summed E-state index contributed by atoms with van der Waals surface area (Å²) in [4.78, 5) is 33.2. The van der Waals surface area contributed by atoms with Crippen molar-refractivity contribution in [2.75, 3.05) is 29.6 Å². The van der Waals surface area contributed by atoms with Gasteiger partial charge >= 0.3 is 6.61 Å². The molecule has 10 heteroatoms. The maximum Gasteiger partial charge on any atom is 0.387 e. The lowest BCUT2D eigenvalue weighted by atomic mass is 10.1. The molecule has 3 rings (SSSR count). The lowest BCUT2D eigenvalue weighted by molar-refractivity contribution is -0.119. The summed E-state index contributed by atoms with van der Waals surface area (Å²) in [6.45, 7) is 0.772. The molecule has 0 unspecified atom stereocenters. The summed E-state index contributed by atoms with van der Waals surface area (Å²) in [6.07, 6.45) is 1.67. The van der Waals surface area contributed by atoms with Gasteiger partial charge in [0.25, 0.3) is 5.91 Å². The number of benzene rings is 2. The number of hydrogen-bond donors (Lipinski definition) is 1. The van der Waals surface area contributed by atoms with Crippen molar-refractivity contribution in [3.63, 3.8) is 0 Å². The second-order valence-electron chi connectivity index (χ2n) is 7.93. The molecular weight excluding hydrogens is 462 g/mol. The predicted octanol–water partition coefficient (Wildman–Crippen LogP) is 4.36. The van der Waals surface area contributed by atoms with Crippen LogP contribution in [0.25, 0.3) is 6.08 Å². The molecule has 180 valence electrons. The number of thioether (sulfide) groups is 1. The Morgan fingerprint density at radius 2 is 1.79 bits per heavy atom. The highest BCUT2D eigenvalue weighted by atomic mass is 32.2. The zero-order chi connectivity index (χ0) is 24.8. The van der Waals surface area contributed by atoms with E-state index >= 15 is 0 Å². The molecule has 7 nitrogen and oxygen atoms in total. The Kier molecular flexibility index (Phi) is 8.27. The van der Waals surface area contributed by atoms with E-state index in [4.69, 9.17) is 0 Å². The second-order valence-corrected chi connectivity index (χ2v) is 8.88. The van der Waals surface area contributed by atoms with E-state index in [0.29, 0.717) is 10.9 Å². The number of hydrogen-bond acceptors (Lipinski definition) is 6. The summed E-state index contributed by atoms with van der Waals surface area (Å²) in [6, 6.07) is 13.3. The van der Waals surface area contributed by atoms with Gasteiger partial charge in [0, 0.05) is 25.8 Å². The zero-order valence-electron chi connectivity index (χ0n) is 19.3. The Bertz CT molecular complexity index is 1080. The standard InChI is InChI=1S/C24H26F2N4O3S/c1-15(2)27-21(31)14-34-24-28-20(13-16-5-7-17(8-6-16)29(3)4)22(32)30(24)18-9-11-19(12-10-18)33-23(25)26/h5-13,15,23H,14H2,1-4H3,(H,27,31)/b20-13-. The van der Waals surface area contributed by atoms with E-state index in [-0.39, 0.29) is 35.1 Å². The van der Waals surface area contributed by atoms with E-state index < -0.39 is 6.61 Å². The Morgan fingerprint density at radius 1 is 1.15 bits per heavy atom. The minimum absolute atomic E-state index is 0.0145. The fourth-order valence-corrected chi connectivity index (χ4v) is 3.94. The number of halogens is 2. The van der Waals surface area contributed by atoms with Gasteiger partial charge in [-0.2, -0.15) is 8.78 Å². The van der Waals surface area contributed by atoms with Gasteiger partial charge in [-0.1, -0.05) is 23.9 Å². The van der Waals surface area contributed by atoms with Gasteiger partial charge in [-0.25, -0.2) is 4.99 Å². The first-order valence-corrected chi connectivity index (χ1v) is 11.5. The molecular formula is C24H26F2N4O3S. The molecule has 34 heavy (non-hydrogen) atoms. The van der Waals surface area contributed by atoms with Crippen LogP contribution in [0.2, 0.25) is 0 Å². The van der Waals surface area contributed by atoms with E-state index in [9.17, 15) is 18.4 Å². The van der Waals surface area contributed by atoms with Crippen molar-refractivity contribution < 1.29 is 23.1 Å². The first-order chi connectivity index (χ1) is 16.1. The van der Waals surface area contributed by atoms with Crippen molar-refractivity contribution >= 4 is 46.2 Å². The summed E-state index contributed by atoms with van der Waals surface area (Å²) in [7, 11) is 3.87. The molecule has 2 aromatic carbocycles. The van der Waals surface area contributed by atoms with Gasteiger partial charge in [0.15, 0.2) is 5.17 Å². The summed E-state index contributed by atoms with van der Waals surface area (Å²) in [5.41, 5.74) is 2.44. The van der Waals surface area contributed by atoms with Crippen molar-refractivity contribution in [2.45, 2.75) is 26.5 Å². The van der Waals surface area contributed by atoms with Crippen LogP contribution in [0.4, 0.5) is 20.2 Å². The van der Waals surface area contributed by atoms with Crippen molar-refractivity contribution in [3.8, 4) is 5.75 Å². The van der Waals surface area contributed by atoms with E-state index in [1.807, 2.05) is 57.1 Å². The molecule has 0 saturated carbocycles. The van der Waals surface area contributed by atoms with Gasteiger partial charge in [-0.15, -0.1) is 0 Å². The Hall–Kier alpha value is -3.40. The molecule has 2 amide bonds. The predicted molar refractivity (Wildman–Crippen MR) is 132 cm³/mol. The Labute approximate surface area is 201 Å². The fraction of sp³-hybridized carbons (Fsp3) is 0.292. The summed E-state index contributed by atoms with van der Waals surface area (Å²) < 4.78 is 29.4. The minimum atomic E-state index is -2.94. The van der Waals surface area contributed by atoms with Crippen LogP contribution in [0.5, 0.6) is 5.75 Å². The van der Waals surface area contributed by atoms with Crippen LogP contribution in [0, 0.1) is 0 Å². The third kappa shape index (κ3) is 6.57. The van der Waals surface area contributed by atoms with Gasteiger partial charge in [-0.3, -0.25) is 14.5 Å². The Morgan fingerprint density at radius 3 is 2.35 bits per heavy atom. The molecule has 1 aliphatic heterocycles. The summed E-state index contributed by atoms with van der Waals surface area (Å²) >= 11 is 1.12. The average Bonchev–Trinajstić information content (AvgIpc) is 3.07. The molecule has 1 N–H and O–H groups in total. The van der Waals surface area contributed by atoms with Crippen LogP contribution >= 0.6 is 11.8 Å². The van der Waals surface area contributed by atoms with Crippen molar-refractivity contribution in [3.05, 3.63) is 59.8 Å². The van der Waals surface area contributed by atoms with E-state index in [1.165, 1.54) is 29.2 Å². The van der Waals surface area contributed by atoms with Crippen molar-refractivity contribution in [2.24, 2.45) is 4.99 Å². The quantitative estimate of drug-likeness (QED) is 0.559. The lowest BCUT2D eigenvalue weighted by Gasteiger charge is -2.18. The van der Waals surface area contributed by atoms with Crippen LogP contribution in [-0.2, 0) is 9.59 Å². The minimum Gasteiger partial charge on any atom is -0.435 e. The molecule has 0 spiro atoms. The van der Waals surface area contributed by atoms with Crippen molar-refractivity contribution in [1.29, 1.82) is 0 Å². The molecule has 0 fully saturated rings. The van der Waals surface area contributed by atoms with Gasteiger partial charge in [-0.05, 0) is 61.9 Å². The number of carbonyl (C=O) groups is 2. The number of amides is 2. The van der Waals surface area contributed by atoms with Gasteiger partial charge in [0.05, 0.1) is 11.4 Å². The number of nitrogens with one attached hydrogen (secondary N) is 1. The number of anilines is 2. The first kappa shape index (κ1) is 25.2. The second kappa shape index (κ2) is 11.1. The van der Waals surface area contributed by atoms with Gasteiger partial charge in [0.2, 0.25) is 5.91 Å². The summed E-state index contributed by atoms with van der Waals surface area (Å²) in [5, 5.41) is 3.12. The molecule has 1 heterocycles. The molecule has 0 bridgehead atoms. The highest BCUT2D eigenvalue weighted by Gasteiger charge is 2.32. The molecule has 0 saturated heterocycles. The number of carbonyl (C=O) groups excluding carboxylic acids is 2. The number of amidine groups is 1. The van der Waals surface area contributed by atoms with Crippen LogP contribution in [0.15, 0.2) is 59.2 Å². The zero-order valence-corrected chi connectivity index (χ0v) is 20.1. The van der Waals surface area contributed by atoms with E-state index in [0.717, 1.165) is 23.0 Å². The largest absolute Gasteiger partial charge is 0.435 e. The molecule has 0 atom stereocenters. The van der Waals surface area contributed by atoms with E-state index in [1.54, 1.807) is 6.08 Å². The summed E-state index contributed by atoms with van der Waals surface area (Å²) in [5.74, 6) is -0.527. The molecule has 0 aliphatic carbocycles. The molecule has 1 aliphatic rings. The lowest BCUT2D eigenvalue weighted by Crippen LogP contribution is -2.34. The SMILES string of the molecule is CC(C)NC(=O)CSC1=N/C(=C\c2ccc(N(C)C)cc2)C(=O)N1c1ccc(OC(F)F)cc1. The molecule has 0 aromatic heterocycles. The maximum absolute atomic E-state index is 13.3. The van der Waals surface area contributed by atoms with Crippen LogP contribution < -0.4 is 19.9 Å². The number of alkyl halides is 2. The topological polar surface area (TPSA) is 74.2 Å². The van der Waals surface area contributed by atoms with Crippen LogP contribution in [0.3, 0.4) is 0 Å². The maximum atomic E-state index is 13.3.